The molecule has 0 aliphatic heterocycles. The van der Waals surface area contributed by atoms with Crippen LogP contribution in [0.3, 0.4) is 0 Å². The fourth-order valence-electron chi connectivity index (χ4n) is 1.71. The van der Waals surface area contributed by atoms with Crippen molar-refractivity contribution in [1.82, 2.24) is 14.7 Å². The number of nitrogens with zero attached hydrogens (tertiary/aromatic N) is 2. The van der Waals surface area contributed by atoms with Gasteiger partial charge < -0.3 is 10.4 Å². The van der Waals surface area contributed by atoms with E-state index in [1.807, 2.05) is 12.3 Å². The van der Waals surface area contributed by atoms with Gasteiger partial charge in [0.05, 0.1) is 12.2 Å². The lowest BCUT2D eigenvalue weighted by atomic mass is 10.4. The summed E-state index contributed by atoms with van der Waals surface area (Å²) in [4.78, 5) is 38.2. The highest BCUT2D eigenvalue weighted by atomic mass is 32.2. The van der Waals surface area contributed by atoms with Crippen molar-refractivity contribution in [2.75, 3.05) is 12.3 Å². The van der Waals surface area contributed by atoms with Crippen LogP contribution < -0.4 is 5.32 Å². The third-order valence-electron chi connectivity index (χ3n) is 2.65. The zero-order valence-corrected chi connectivity index (χ0v) is 12.8. The summed E-state index contributed by atoms with van der Waals surface area (Å²) in [7, 11) is 0. The fraction of sp³-hybridized carbons (Fsp3) is 0.333. The largest absolute Gasteiger partial charge is 0.481 e. The standard InChI is InChI=1S/C12H13N3O4S2/c1-7-5-21-12-14-11(8(4-16)15(7)12)20-6-9(17)13-3-2-10(18)19/h4-5H,2-3,6H2,1H3,(H,13,17)(H,18,19). The number of carboxylic acids is 1. The van der Waals surface area contributed by atoms with E-state index in [0.717, 1.165) is 23.7 Å². The minimum atomic E-state index is -0.962. The van der Waals surface area contributed by atoms with Crippen molar-refractivity contribution < 1.29 is 19.5 Å². The number of nitrogens with one attached hydrogen (secondary N) is 1. The van der Waals surface area contributed by atoms with E-state index in [0.29, 0.717) is 15.7 Å². The molecule has 0 fully saturated rings. The molecule has 21 heavy (non-hydrogen) atoms. The Morgan fingerprint density at radius 2 is 2.33 bits per heavy atom. The number of aryl methyl sites for hydroxylation is 1. The molecule has 0 unspecified atom stereocenters. The van der Waals surface area contributed by atoms with Crippen LogP contribution in [0.25, 0.3) is 4.96 Å². The summed E-state index contributed by atoms with van der Waals surface area (Å²) in [5, 5.41) is 13.4. The van der Waals surface area contributed by atoms with Gasteiger partial charge in [-0.1, -0.05) is 11.8 Å². The van der Waals surface area contributed by atoms with Crippen molar-refractivity contribution in [3.05, 3.63) is 16.8 Å². The monoisotopic (exact) mass is 327 g/mol. The molecule has 0 saturated carbocycles. The van der Waals surface area contributed by atoms with Crippen molar-refractivity contribution >= 4 is 46.2 Å². The van der Waals surface area contributed by atoms with Crippen molar-refractivity contribution in [3.8, 4) is 0 Å². The molecule has 0 bridgehead atoms. The molecule has 1 amide bonds. The highest BCUT2D eigenvalue weighted by Crippen LogP contribution is 2.26. The molecular formula is C12H13N3O4S2. The van der Waals surface area contributed by atoms with E-state index in [1.165, 1.54) is 11.3 Å². The number of aromatic nitrogens is 2. The van der Waals surface area contributed by atoms with Crippen molar-refractivity contribution in [1.29, 1.82) is 0 Å². The maximum absolute atomic E-state index is 11.6. The van der Waals surface area contributed by atoms with E-state index in [4.69, 9.17) is 5.11 Å². The summed E-state index contributed by atoms with van der Waals surface area (Å²) in [6, 6.07) is 0. The topological polar surface area (TPSA) is 101 Å². The number of rotatable bonds is 7. The number of carbonyl (C=O) groups excluding carboxylic acids is 2. The molecule has 0 saturated heterocycles. The van der Waals surface area contributed by atoms with E-state index in [-0.39, 0.29) is 24.6 Å². The Balaban J connectivity index is 1.98. The Morgan fingerprint density at radius 1 is 1.57 bits per heavy atom. The van der Waals surface area contributed by atoms with Gasteiger partial charge in [-0.15, -0.1) is 11.3 Å². The lowest BCUT2D eigenvalue weighted by Gasteiger charge is -2.02. The molecule has 2 rings (SSSR count). The molecule has 2 aromatic heterocycles. The average molecular weight is 327 g/mol. The van der Waals surface area contributed by atoms with Crippen LogP contribution in [0.5, 0.6) is 0 Å². The van der Waals surface area contributed by atoms with Gasteiger partial charge in [0, 0.05) is 17.6 Å². The Kier molecular flexibility index (Phi) is 4.97. The summed E-state index contributed by atoms with van der Waals surface area (Å²) < 4.78 is 1.75. The minimum absolute atomic E-state index is 0.0876. The molecule has 2 aromatic rings. The first-order chi connectivity index (χ1) is 10.0. The molecule has 2 N–H and O–H groups in total. The van der Waals surface area contributed by atoms with Crippen molar-refractivity contribution in [2.24, 2.45) is 0 Å². The highest BCUT2D eigenvalue weighted by Gasteiger charge is 2.16. The third kappa shape index (κ3) is 3.61. The molecule has 7 nitrogen and oxygen atoms in total. The second-order valence-electron chi connectivity index (χ2n) is 4.20. The van der Waals surface area contributed by atoms with Gasteiger partial charge in [0.15, 0.2) is 11.2 Å². The number of thiazole rings is 1. The van der Waals surface area contributed by atoms with Crippen LogP contribution >= 0.6 is 23.1 Å². The number of carboxylic acid groups (broad SMARTS) is 1. The first-order valence-corrected chi connectivity index (χ1v) is 7.92. The molecule has 0 aliphatic carbocycles. The number of hydrogen-bond acceptors (Lipinski definition) is 6. The first-order valence-electron chi connectivity index (χ1n) is 6.06. The first kappa shape index (κ1) is 15.5. The summed E-state index contributed by atoms with van der Waals surface area (Å²) in [5.74, 6) is -1.16. The lowest BCUT2D eigenvalue weighted by Crippen LogP contribution is -2.27. The van der Waals surface area contributed by atoms with E-state index >= 15 is 0 Å². The number of imidazole rings is 1. The summed E-state index contributed by atoms with van der Waals surface area (Å²) in [6.45, 7) is 1.97. The molecule has 0 radical (unpaired) electrons. The summed E-state index contributed by atoms with van der Waals surface area (Å²) in [6.07, 6.45) is 0.611. The SMILES string of the molecule is Cc1csc2nc(SCC(=O)NCCC(=O)O)c(C=O)n12. The number of thioether (sulfide) groups is 1. The third-order valence-corrected chi connectivity index (χ3v) is 4.57. The smallest absolute Gasteiger partial charge is 0.305 e. The Bertz CT molecular complexity index is 692. The molecule has 9 heteroatoms. The van der Waals surface area contributed by atoms with E-state index < -0.39 is 5.97 Å². The van der Waals surface area contributed by atoms with Crippen LogP contribution in [-0.4, -0.2) is 45.0 Å². The number of carbonyl (C=O) groups is 3. The maximum Gasteiger partial charge on any atom is 0.305 e. The minimum Gasteiger partial charge on any atom is -0.481 e. The van der Waals surface area contributed by atoms with Gasteiger partial charge in [-0.25, -0.2) is 4.98 Å². The number of aldehydes is 1. The van der Waals surface area contributed by atoms with Crippen LogP contribution in [-0.2, 0) is 9.59 Å². The summed E-state index contributed by atoms with van der Waals surface area (Å²) in [5.41, 5.74) is 1.36. The number of aliphatic carboxylic acids is 1. The molecule has 0 spiro atoms. The van der Waals surface area contributed by atoms with E-state index in [9.17, 15) is 14.4 Å². The van der Waals surface area contributed by atoms with Gasteiger partial charge in [-0.2, -0.15) is 0 Å². The fourth-order valence-corrected chi connectivity index (χ4v) is 3.45. The molecule has 0 atom stereocenters. The quantitative estimate of drug-likeness (QED) is 0.585. The van der Waals surface area contributed by atoms with Gasteiger partial charge in [0.25, 0.3) is 0 Å². The highest BCUT2D eigenvalue weighted by molar-refractivity contribution is 8.00. The van der Waals surface area contributed by atoms with Crippen molar-refractivity contribution in [3.63, 3.8) is 0 Å². The number of hydrogen-bond donors (Lipinski definition) is 2. The summed E-state index contributed by atoms with van der Waals surface area (Å²) >= 11 is 2.59. The molecular weight excluding hydrogens is 314 g/mol. The average Bonchev–Trinajstić information content (AvgIpc) is 2.96. The maximum atomic E-state index is 11.6. The van der Waals surface area contributed by atoms with Gasteiger partial charge in [0.2, 0.25) is 5.91 Å². The van der Waals surface area contributed by atoms with Crippen molar-refractivity contribution in [2.45, 2.75) is 18.4 Å². The number of fused-ring (bicyclic) bond motifs is 1. The predicted molar refractivity (Wildman–Crippen MR) is 79.2 cm³/mol. The predicted octanol–water partition coefficient (Wildman–Crippen LogP) is 1.20. The van der Waals surface area contributed by atoms with Crippen LogP contribution in [0.2, 0.25) is 0 Å². The van der Waals surface area contributed by atoms with E-state index in [1.54, 1.807) is 4.40 Å². The lowest BCUT2D eigenvalue weighted by molar-refractivity contribution is -0.136. The molecule has 0 aromatic carbocycles. The Hall–Kier alpha value is -1.87. The van der Waals surface area contributed by atoms with Crippen LogP contribution in [0.1, 0.15) is 22.6 Å². The second kappa shape index (κ2) is 6.72. The van der Waals surface area contributed by atoms with Crippen LogP contribution in [0, 0.1) is 6.92 Å². The van der Waals surface area contributed by atoms with Gasteiger partial charge >= 0.3 is 5.97 Å². The zero-order valence-electron chi connectivity index (χ0n) is 11.2. The van der Waals surface area contributed by atoms with Crippen LogP contribution in [0.4, 0.5) is 0 Å². The number of amides is 1. The van der Waals surface area contributed by atoms with Crippen LogP contribution in [0.15, 0.2) is 10.4 Å². The van der Waals surface area contributed by atoms with Gasteiger partial charge in [0.1, 0.15) is 10.7 Å². The Labute approximate surface area is 128 Å². The Morgan fingerprint density at radius 3 is 3.00 bits per heavy atom. The normalized spacial score (nSPS) is 10.7. The second-order valence-corrected chi connectivity index (χ2v) is 6.00. The molecule has 0 aliphatic rings. The van der Waals surface area contributed by atoms with E-state index in [2.05, 4.69) is 10.3 Å². The molecule has 112 valence electrons. The zero-order chi connectivity index (χ0) is 15.4. The van der Waals surface area contributed by atoms with Gasteiger partial charge in [-0.05, 0) is 6.92 Å². The van der Waals surface area contributed by atoms with Gasteiger partial charge in [-0.3, -0.25) is 18.8 Å². The molecule has 2 heterocycles.